The minimum atomic E-state index is 0.0558. The fourth-order valence-corrected chi connectivity index (χ4v) is 2.45. The second-order valence-electron chi connectivity index (χ2n) is 5.77. The summed E-state index contributed by atoms with van der Waals surface area (Å²) in [4.78, 5) is 0. The van der Waals surface area contributed by atoms with Gasteiger partial charge in [-0.05, 0) is 31.2 Å². The molecule has 1 aromatic carbocycles. The highest BCUT2D eigenvalue weighted by Gasteiger charge is 2.27. The molecule has 1 aliphatic heterocycles. The maximum absolute atomic E-state index is 9.84. The first-order valence-corrected chi connectivity index (χ1v) is 6.83. The van der Waals surface area contributed by atoms with Gasteiger partial charge in [0.1, 0.15) is 11.5 Å². The SMILES string of the molecule is CC(NCC1(C)CCOCC1)c1ccc(O)cc1O. The summed E-state index contributed by atoms with van der Waals surface area (Å²) < 4.78 is 5.39. The van der Waals surface area contributed by atoms with Gasteiger partial charge < -0.3 is 20.3 Å². The number of phenols is 2. The molecular weight excluding hydrogens is 242 g/mol. The molecule has 0 amide bonds. The zero-order valence-electron chi connectivity index (χ0n) is 11.6. The molecule has 4 nitrogen and oxygen atoms in total. The van der Waals surface area contributed by atoms with Crippen LogP contribution in [0.25, 0.3) is 0 Å². The summed E-state index contributed by atoms with van der Waals surface area (Å²) in [5, 5.41) is 22.6. The lowest BCUT2D eigenvalue weighted by molar-refractivity contribution is 0.0230. The Kier molecular flexibility index (Phi) is 4.32. The predicted octanol–water partition coefficient (Wildman–Crippen LogP) is 2.57. The van der Waals surface area contributed by atoms with E-state index in [4.69, 9.17) is 4.74 Å². The molecule has 106 valence electrons. The van der Waals surface area contributed by atoms with Gasteiger partial charge in [0.2, 0.25) is 0 Å². The number of phenolic OH excluding ortho intramolecular Hbond substituents is 2. The topological polar surface area (TPSA) is 61.7 Å². The highest BCUT2D eigenvalue weighted by molar-refractivity contribution is 5.40. The van der Waals surface area contributed by atoms with E-state index in [1.807, 2.05) is 6.92 Å². The smallest absolute Gasteiger partial charge is 0.124 e. The van der Waals surface area contributed by atoms with E-state index in [1.165, 1.54) is 6.07 Å². The van der Waals surface area contributed by atoms with Crippen molar-refractivity contribution >= 4 is 0 Å². The summed E-state index contributed by atoms with van der Waals surface area (Å²) in [5.74, 6) is 0.224. The number of benzene rings is 1. The van der Waals surface area contributed by atoms with Crippen LogP contribution in [0, 0.1) is 5.41 Å². The molecule has 2 rings (SSSR count). The zero-order valence-corrected chi connectivity index (χ0v) is 11.6. The average molecular weight is 265 g/mol. The number of ether oxygens (including phenoxy) is 1. The molecule has 19 heavy (non-hydrogen) atoms. The quantitative estimate of drug-likeness (QED) is 0.783. The summed E-state index contributed by atoms with van der Waals surface area (Å²) in [7, 11) is 0. The van der Waals surface area contributed by atoms with Crippen LogP contribution in [-0.2, 0) is 4.74 Å². The van der Waals surface area contributed by atoms with Gasteiger partial charge in [-0.2, -0.15) is 0 Å². The van der Waals surface area contributed by atoms with E-state index in [1.54, 1.807) is 12.1 Å². The minimum Gasteiger partial charge on any atom is -0.508 e. The Morgan fingerprint density at radius 3 is 2.63 bits per heavy atom. The minimum absolute atomic E-state index is 0.0558. The first-order chi connectivity index (χ1) is 9.00. The molecule has 4 heteroatoms. The number of aromatic hydroxyl groups is 2. The summed E-state index contributed by atoms with van der Waals surface area (Å²) in [5.41, 5.74) is 1.08. The zero-order chi connectivity index (χ0) is 13.9. The van der Waals surface area contributed by atoms with Crippen LogP contribution in [-0.4, -0.2) is 30.0 Å². The van der Waals surface area contributed by atoms with Crippen LogP contribution in [0.1, 0.15) is 38.3 Å². The van der Waals surface area contributed by atoms with Gasteiger partial charge in [-0.1, -0.05) is 13.0 Å². The number of nitrogens with one attached hydrogen (secondary N) is 1. The Bertz CT molecular complexity index is 427. The number of hydrogen-bond acceptors (Lipinski definition) is 4. The predicted molar refractivity (Wildman–Crippen MR) is 74.3 cm³/mol. The van der Waals surface area contributed by atoms with Crippen LogP contribution in [0.5, 0.6) is 11.5 Å². The molecule has 1 unspecified atom stereocenters. The highest BCUT2D eigenvalue weighted by Crippen LogP contribution is 2.31. The molecule has 1 heterocycles. The Hall–Kier alpha value is -1.26. The van der Waals surface area contributed by atoms with Crippen molar-refractivity contribution in [2.75, 3.05) is 19.8 Å². The van der Waals surface area contributed by atoms with Gasteiger partial charge in [-0.25, -0.2) is 0 Å². The Balaban J connectivity index is 1.95. The van der Waals surface area contributed by atoms with Crippen LogP contribution in [0.15, 0.2) is 18.2 Å². The van der Waals surface area contributed by atoms with Gasteiger partial charge in [0, 0.05) is 37.4 Å². The Morgan fingerprint density at radius 1 is 1.32 bits per heavy atom. The number of rotatable bonds is 4. The van der Waals surface area contributed by atoms with Crippen molar-refractivity contribution in [3.8, 4) is 11.5 Å². The molecule has 1 saturated heterocycles. The van der Waals surface area contributed by atoms with Crippen LogP contribution in [0.3, 0.4) is 0 Å². The van der Waals surface area contributed by atoms with Crippen molar-refractivity contribution in [3.05, 3.63) is 23.8 Å². The van der Waals surface area contributed by atoms with E-state index < -0.39 is 0 Å². The molecule has 0 spiro atoms. The molecule has 0 aromatic heterocycles. The second-order valence-corrected chi connectivity index (χ2v) is 5.77. The van der Waals surface area contributed by atoms with Crippen molar-refractivity contribution in [2.24, 2.45) is 5.41 Å². The monoisotopic (exact) mass is 265 g/mol. The molecule has 0 bridgehead atoms. The van der Waals surface area contributed by atoms with Crippen molar-refractivity contribution in [1.82, 2.24) is 5.32 Å². The average Bonchev–Trinajstić information content (AvgIpc) is 2.37. The van der Waals surface area contributed by atoms with Gasteiger partial charge in [0.05, 0.1) is 0 Å². The molecule has 1 atom stereocenters. The molecule has 0 aliphatic carbocycles. The van der Waals surface area contributed by atoms with Crippen LogP contribution in [0.2, 0.25) is 0 Å². The van der Waals surface area contributed by atoms with E-state index in [2.05, 4.69) is 12.2 Å². The van der Waals surface area contributed by atoms with Crippen molar-refractivity contribution < 1.29 is 14.9 Å². The second kappa shape index (κ2) is 5.80. The summed E-state index contributed by atoms with van der Waals surface area (Å²) in [6.07, 6.45) is 2.13. The third kappa shape index (κ3) is 3.61. The third-order valence-corrected chi connectivity index (χ3v) is 4.02. The van der Waals surface area contributed by atoms with Crippen molar-refractivity contribution in [2.45, 2.75) is 32.7 Å². The van der Waals surface area contributed by atoms with Crippen molar-refractivity contribution in [3.63, 3.8) is 0 Å². The fourth-order valence-electron chi connectivity index (χ4n) is 2.45. The van der Waals surface area contributed by atoms with Crippen LogP contribution < -0.4 is 5.32 Å². The maximum Gasteiger partial charge on any atom is 0.124 e. The van der Waals surface area contributed by atoms with Gasteiger partial charge in [-0.15, -0.1) is 0 Å². The van der Waals surface area contributed by atoms with Crippen LogP contribution >= 0.6 is 0 Å². The Morgan fingerprint density at radius 2 is 2.00 bits per heavy atom. The molecule has 3 N–H and O–H groups in total. The molecule has 1 fully saturated rings. The largest absolute Gasteiger partial charge is 0.508 e. The first-order valence-electron chi connectivity index (χ1n) is 6.83. The lowest BCUT2D eigenvalue weighted by Crippen LogP contribution is -2.37. The van der Waals surface area contributed by atoms with Gasteiger partial charge >= 0.3 is 0 Å². The van der Waals surface area contributed by atoms with E-state index >= 15 is 0 Å². The van der Waals surface area contributed by atoms with Gasteiger partial charge in [0.25, 0.3) is 0 Å². The molecule has 0 radical (unpaired) electrons. The summed E-state index contributed by atoms with van der Waals surface area (Å²) >= 11 is 0. The summed E-state index contributed by atoms with van der Waals surface area (Å²) in [6, 6.07) is 4.79. The summed E-state index contributed by atoms with van der Waals surface area (Å²) in [6.45, 7) is 6.85. The van der Waals surface area contributed by atoms with Crippen LogP contribution in [0.4, 0.5) is 0 Å². The van der Waals surface area contributed by atoms with Gasteiger partial charge in [-0.3, -0.25) is 0 Å². The van der Waals surface area contributed by atoms with Gasteiger partial charge in [0.15, 0.2) is 0 Å². The highest BCUT2D eigenvalue weighted by atomic mass is 16.5. The molecule has 1 aliphatic rings. The van der Waals surface area contributed by atoms with E-state index in [9.17, 15) is 10.2 Å². The van der Waals surface area contributed by atoms with E-state index in [0.29, 0.717) is 0 Å². The molecule has 0 saturated carbocycles. The lowest BCUT2D eigenvalue weighted by Gasteiger charge is -2.34. The molecule has 1 aromatic rings. The number of hydrogen-bond donors (Lipinski definition) is 3. The first kappa shape index (κ1) is 14.2. The van der Waals surface area contributed by atoms with E-state index in [-0.39, 0.29) is 23.0 Å². The van der Waals surface area contributed by atoms with Crippen molar-refractivity contribution in [1.29, 1.82) is 0 Å². The third-order valence-electron chi connectivity index (χ3n) is 4.02. The van der Waals surface area contributed by atoms with E-state index in [0.717, 1.165) is 38.2 Å². The Labute approximate surface area is 114 Å². The lowest BCUT2D eigenvalue weighted by atomic mass is 9.82. The maximum atomic E-state index is 9.84. The normalized spacial score (nSPS) is 20.1. The molecular formula is C15H23NO3. The standard InChI is InChI=1S/C15H23NO3/c1-11(13-4-3-12(17)9-14(13)18)16-10-15(2)5-7-19-8-6-15/h3-4,9,11,16-18H,5-8,10H2,1-2H3. The fraction of sp³-hybridized carbons (Fsp3) is 0.600.